The summed E-state index contributed by atoms with van der Waals surface area (Å²) in [4.78, 5) is 25.9. The van der Waals surface area contributed by atoms with E-state index in [0.29, 0.717) is 28.2 Å². The third-order valence-electron chi connectivity index (χ3n) is 6.49. The van der Waals surface area contributed by atoms with Crippen LogP contribution in [0, 0.1) is 0 Å². The summed E-state index contributed by atoms with van der Waals surface area (Å²) in [5.41, 5.74) is 10.1. The number of hydrazone groups is 1. The van der Waals surface area contributed by atoms with E-state index in [2.05, 4.69) is 56.9 Å². The van der Waals surface area contributed by atoms with Crippen LogP contribution in [0.3, 0.4) is 0 Å². The first-order chi connectivity index (χ1) is 20.8. The van der Waals surface area contributed by atoms with Gasteiger partial charge >= 0.3 is 6.03 Å². The molecule has 44 heavy (non-hydrogen) atoms. The van der Waals surface area contributed by atoms with Crippen molar-refractivity contribution in [2.45, 2.75) is 26.2 Å². The van der Waals surface area contributed by atoms with Gasteiger partial charge in [0.2, 0.25) is 5.88 Å². The topological polar surface area (TPSA) is 165 Å². The number of nitrogens with zero attached hydrogens (tertiary/aromatic N) is 4. The summed E-state index contributed by atoms with van der Waals surface area (Å²) in [6, 6.07) is 15.8. The van der Waals surface area contributed by atoms with Crippen LogP contribution < -0.4 is 36.6 Å². The third kappa shape index (κ3) is 7.70. The first kappa shape index (κ1) is 32.0. The Morgan fingerprint density at radius 2 is 1.73 bits per heavy atom. The minimum atomic E-state index is -2.73. The molecule has 0 unspecified atom stereocenters. The molecule has 1 aromatic heterocycles. The summed E-state index contributed by atoms with van der Waals surface area (Å²) >= 11 is 0. The Morgan fingerprint density at radius 3 is 2.39 bits per heavy atom. The highest BCUT2D eigenvalue weighted by Crippen LogP contribution is 2.43. The zero-order valence-corrected chi connectivity index (χ0v) is 26.7. The number of amidine groups is 1. The standard InChI is InChI=1S/C31H37N8O4P/c1-31(2,3)19-16-23(28(42-5)25(17-19)44(6,7)41)37-30(40)36-22-12-13-24(21-11-9-8-10-20(21)22)43-27-14-15-34-29(39-27)38-26(32)18-35-33-4/h8-18,33H,1-7H3,(H2,36,37,40)(H2,32,34,38,39)/b35-18-. The number of anilines is 2. The average molecular weight is 617 g/mol. The van der Waals surface area contributed by atoms with Crippen LogP contribution >= 0.6 is 7.14 Å². The molecule has 13 heteroatoms. The Labute approximate surface area is 256 Å². The Balaban J connectivity index is 1.63. The summed E-state index contributed by atoms with van der Waals surface area (Å²) in [5, 5.41) is 11.7. The molecule has 0 bridgehead atoms. The lowest BCUT2D eigenvalue weighted by molar-refractivity contribution is 0.262. The molecule has 12 nitrogen and oxygen atoms in total. The van der Waals surface area contributed by atoms with Crippen LogP contribution in [0.1, 0.15) is 26.3 Å². The van der Waals surface area contributed by atoms with Gasteiger partial charge in [0.1, 0.15) is 18.7 Å². The zero-order valence-electron chi connectivity index (χ0n) is 25.8. The SMILES string of the molecule is CN/N=C\C(N)=Nc1nccc(Oc2ccc(NC(=O)Nc3cc(C(C)(C)C)cc(P(C)(C)=O)c3OC)c3ccccc23)n1. The maximum atomic E-state index is 13.4. The van der Waals surface area contributed by atoms with Crippen molar-refractivity contribution in [3.8, 4) is 17.4 Å². The third-order valence-corrected chi connectivity index (χ3v) is 7.98. The van der Waals surface area contributed by atoms with Crippen molar-refractivity contribution in [1.82, 2.24) is 15.4 Å². The van der Waals surface area contributed by atoms with E-state index >= 15 is 0 Å². The molecule has 3 aromatic carbocycles. The van der Waals surface area contributed by atoms with E-state index in [4.69, 9.17) is 15.2 Å². The number of rotatable bonds is 9. The van der Waals surface area contributed by atoms with E-state index in [-0.39, 0.29) is 23.1 Å². The van der Waals surface area contributed by atoms with Crippen LogP contribution in [-0.2, 0) is 9.98 Å². The molecule has 4 rings (SSSR count). The molecular formula is C31H37N8O4P. The molecule has 4 aromatic rings. The van der Waals surface area contributed by atoms with Gasteiger partial charge in [0.25, 0.3) is 5.95 Å². The molecule has 0 saturated heterocycles. The smallest absolute Gasteiger partial charge is 0.323 e. The van der Waals surface area contributed by atoms with Gasteiger partial charge in [0.05, 0.1) is 30.0 Å². The van der Waals surface area contributed by atoms with Gasteiger partial charge in [-0.25, -0.2) is 9.78 Å². The largest absolute Gasteiger partial charge is 0.494 e. The van der Waals surface area contributed by atoms with Crippen LogP contribution in [0.4, 0.5) is 22.1 Å². The minimum Gasteiger partial charge on any atom is -0.494 e. The summed E-state index contributed by atoms with van der Waals surface area (Å²) in [6.07, 6.45) is 2.85. The normalized spacial score (nSPS) is 12.3. The second-order valence-corrected chi connectivity index (χ2v) is 14.4. The van der Waals surface area contributed by atoms with Crippen LogP contribution in [0.25, 0.3) is 10.8 Å². The summed E-state index contributed by atoms with van der Waals surface area (Å²) < 4.78 is 24.9. The van der Waals surface area contributed by atoms with Crippen LogP contribution in [-0.4, -0.2) is 55.5 Å². The predicted octanol–water partition coefficient (Wildman–Crippen LogP) is 5.81. The van der Waals surface area contributed by atoms with Crippen molar-refractivity contribution >= 4 is 58.6 Å². The molecule has 2 amide bonds. The molecule has 5 N–H and O–H groups in total. The maximum Gasteiger partial charge on any atom is 0.323 e. The number of fused-ring (bicyclic) bond motifs is 1. The number of aliphatic imine (C=N–C) groups is 1. The van der Waals surface area contributed by atoms with Gasteiger partial charge in [-0.15, -0.1) is 0 Å². The number of carbonyl (C=O) groups excluding carboxylic acids is 1. The van der Waals surface area contributed by atoms with Crippen molar-refractivity contribution in [1.29, 1.82) is 0 Å². The number of urea groups is 1. The summed E-state index contributed by atoms with van der Waals surface area (Å²) in [6.45, 7) is 9.53. The van der Waals surface area contributed by atoms with Crippen molar-refractivity contribution in [2.75, 3.05) is 38.1 Å². The molecule has 0 saturated carbocycles. The molecule has 0 fully saturated rings. The Kier molecular flexibility index (Phi) is 9.54. The van der Waals surface area contributed by atoms with Crippen LogP contribution in [0.5, 0.6) is 17.4 Å². The quantitative estimate of drug-likeness (QED) is 0.0791. The Bertz CT molecular complexity index is 1790. The lowest BCUT2D eigenvalue weighted by Gasteiger charge is -2.25. The average Bonchev–Trinajstić information content (AvgIpc) is 2.96. The van der Waals surface area contributed by atoms with Gasteiger partial charge in [-0.1, -0.05) is 45.0 Å². The number of hydrogen-bond acceptors (Lipinski definition) is 9. The Hall–Kier alpha value is -4.96. The maximum absolute atomic E-state index is 13.4. The van der Waals surface area contributed by atoms with Crippen LogP contribution in [0.15, 0.2) is 70.9 Å². The fourth-order valence-corrected chi connectivity index (χ4v) is 5.48. The van der Waals surface area contributed by atoms with Gasteiger partial charge in [-0.3, -0.25) is 0 Å². The van der Waals surface area contributed by atoms with Crippen molar-refractivity contribution in [3.63, 3.8) is 0 Å². The second-order valence-electron chi connectivity index (χ2n) is 11.2. The lowest BCUT2D eigenvalue weighted by atomic mass is 9.86. The number of ether oxygens (including phenoxy) is 2. The van der Waals surface area contributed by atoms with Gasteiger partial charge in [-0.05, 0) is 48.6 Å². The highest BCUT2D eigenvalue weighted by Gasteiger charge is 2.26. The van der Waals surface area contributed by atoms with E-state index in [0.717, 1.165) is 16.3 Å². The molecule has 0 aliphatic rings. The first-order valence-electron chi connectivity index (χ1n) is 13.7. The molecule has 0 spiro atoms. The van der Waals surface area contributed by atoms with Gasteiger partial charge < -0.3 is 35.8 Å². The number of aromatic nitrogens is 2. The second kappa shape index (κ2) is 13.1. The predicted molar refractivity (Wildman–Crippen MR) is 178 cm³/mol. The van der Waals surface area contributed by atoms with E-state index in [1.54, 1.807) is 38.6 Å². The fourth-order valence-electron chi connectivity index (χ4n) is 4.33. The lowest BCUT2D eigenvalue weighted by Crippen LogP contribution is -2.23. The number of amides is 2. The molecule has 0 radical (unpaired) electrons. The number of nitrogens with one attached hydrogen (secondary N) is 3. The Morgan fingerprint density at radius 1 is 1.02 bits per heavy atom. The zero-order chi connectivity index (χ0) is 32.1. The number of carbonyl (C=O) groups is 1. The van der Waals surface area contributed by atoms with Gasteiger partial charge in [0.15, 0.2) is 5.75 Å². The van der Waals surface area contributed by atoms with E-state index in [9.17, 15) is 9.36 Å². The number of hydrogen-bond donors (Lipinski definition) is 4. The summed E-state index contributed by atoms with van der Waals surface area (Å²) in [5.74, 6) is 1.37. The number of benzene rings is 3. The molecule has 1 heterocycles. The van der Waals surface area contributed by atoms with E-state index < -0.39 is 13.2 Å². The fraction of sp³-hybridized carbons (Fsp3) is 0.258. The molecular weight excluding hydrogens is 579 g/mol. The van der Waals surface area contributed by atoms with E-state index in [1.165, 1.54) is 19.5 Å². The minimum absolute atomic E-state index is 0.110. The van der Waals surface area contributed by atoms with E-state index in [1.807, 2.05) is 36.4 Å². The summed E-state index contributed by atoms with van der Waals surface area (Å²) in [7, 11) is 0.413. The first-order valence-corrected chi connectivity index (χ1v) is 16.3. The molecule has 0 aliphatic heterocycles. The van der Waals surface area contributed by atoms with Gasteiger partial charge in [0, 0.05) is 30.1 Å². The van der Waals surface area contributed by atoms with Crippen molar-refractivity contribution in [2.24, 2.45) is 15.8 Å². The van der Waals surface area contributed by atoms with Crippen LogP contribution in [0.2, 0.25) is 0 Å². The molecule has 0 atom stereocenters. The number of nitrogens with two attached hydrogens (primary N) is 1. The highest BCUT2D eigenvalue weighted by atomic mass is 31.2. The number of methoxy groups -OCH3 is 1. The molecule has 230 valence electrons. The monoisotopic (exact) mass is 616 g/mol. The van der Waals surface area contributed by atoms with Crippen molar-refractivity contribution in [3.05, 3.63) is 66.4 Å². The van der Waals surface area contributed by atoms with Crippen molar-refractivity contribution < 1.29 is 18.8 Å². The highest BCUT2D eigenvalue weighted by molar-refractivity contribution is 7.70. The molecule has 0 aliphatic carbocycles. The van der Waals surface area contributed by atoms with Gasteiger partial charge in [-0.2, -0.15) is 15.1 Å².